The molecule has 1 amide bonds. The van der Waals surface area contributed by atoms with E-state index in [1.165, 1.54) is 12.8 Å². The molecule has 1 N–H and O–H groups in total. The minimum Gasteiger partial charge on any atom is -0.497 e. The molecule has 2 fully saturated rings. The van der Waals surface area contributed by atoms with Crippen molar-refractivity contribution >= 4 is 5.91 Å². The zero-order chi connectivity index (χ0) is 16.1. The number of amides is 1. The Morgan fingerprint density at radius 2 is 1.91 bits per heavy atom. The number of benzene rings is 1. The van der Waals surface area contributed by atoms with Crippen molar-refractivity contribution in [1.82, 2.24) is 10.2 Å². The molecule has 1 aromatic rings. The van der Waals surface area contributed by atoms with Crippen molar-refractivity contribution in [2.24, 2.45) is 0 Å². The molecule has 0 radical (unpaired) electrons. The number of ether oxygens (including phenoxy) is 2. The minimum absolute atomic E-state index is 0.262. The van der Waals surface area contributed by atoms with Gasteiger partial charge in [0.15, 0.2) is 0 Å². The summed E-state index contributed by atoms with van der Waals surface area (Å²) in [6.45, 7) is 2.33. The Morgan fingerprint density at radius 3 is 2.70 bits per heavy atom. The van der Waals surface area contributed by atoms with E-state index < -0.39 is 0 Å². The SMILES string of the molecule is COc1ccc(OCCCC(=O)N2CCC3CCC(C2)N3)cc1. The average Bonchev–Trinajstić information content (AvgIpc) is 2.91. The summed E-state index contributed by atoms with van der Waals surface area (Å²) in [5.41, 5.74) is 0. The fourth-order valence-electron chi connectivity index (χ4n) is 3.41. The highest BCUT2D eigenvalue weighted by atomic mass is 16.5. The van der Waals surface area contributed by atoms with Crippen molar-refractivity contribution in [3.05, 3.63) is 24.3 Å². The molecule has 2 atom stereocenters. The van der Waals surface area contributed by atoms with Gasteiger partial charge in [-0.1, -0.05) is 0 Å². The van der Waals surface area contributed by atoms with Crippen LogP contribution in [-0.2, 0) is 4.79 Å². The van der Waals surface area contributed by atoms with Crippen molar-refractivity contribution in [3.8, 4) is 11.5 Å². The van der Waals surface area contributed by atoms with Gasteiger partial charge in [-0.05, 0) is 49.9 Å². The van der Waals surface area contributed by atoms with Gasteiger partial charge in [0.05, 0.1) is 13.7 Å². The van der Waals surface area contributed by atoms with E-state index in [4.69, 9.17) is 9.47 Å². The number of methoxy groups -OCH3 is 1. The van der Waals surface area contributed by atoms with Crippen LogP contribution in [-0.4, -0.2) is 49.7 Å². The highest BCUT2D eigenvalue weighted by Gasteiger charge is 2.30. The van der Waals surface area contributed by atoms with Crippen LogP contribution < -0.4 is 14.8 Å². The van der Waals surface area contributed by atoms with Crippen LogP contribution in [0.5, 0.6) is 11.5 Å². The molecule has 0 aliphatic carbocycles. The zero-order valence-corrected chi connectivity index (χ0v) is 13.8. The van der Waals surface area contributed by atoms with E-state index in [0.717, 1.165) is 37.4 Å². The molecule has 0 saturated carbocycles. The number of hydrogen-bond donors (Lipinski definition) is 1. The molecule has 1 aromatic carbocycles. The highest BCUT2D eigenvalue weighted by Crippen LogP contribution is 2.21. The Balaban J connectivity index is 1.37. The molecule has 2 unspecified atom stereocenters. The summed E-state index contributed by atoms with van der Waals surface area (Å²) in [5, 5.41) is 3.61. The first-order valence-electron chi connectivity index (χ1n) is 8.55. The van der Waals surface area contributed by atoms with E-state index in [1.54, 1.807) is 7.11 Å². The van der Waals surface area contributed by atoms with Gasteiger partial charge in [-0.3, -0.25) is 4.79 Å². The van der Waals surface area contributed by atoms with Gasteiger partial charge < -0.3 is 19.7 Å². The lowest BCUT2D eigenvalue weighted by atomic mass is 10.1. The van der Waals surface area contributed by atoms with Crippen molar-refractivity contribution in [2.45, 2.75) is 44.2 Å². The number of nitrogens with zero attached hydrogens (tertiary/aromatic N) is 1. The number of fused-ring (bicyclic) bond motifs is 2. The maximum atomic E-state index is 12.3. The van der Waals surface area contributed by atoms with E-state index in [-0.39, 0.29) is 5.91 Å². The van der Waals surface area contributed by atoms with Gasteiger partial charge in [-0.15, -0.1) is 0 Å². The lowest BCUT2D eigenvalue weighted by molar-refractivity contribution is -0.131. The topological polar surface area (TPSA) is 50.8 Å². The fraction of sp³-hybridized carbons (Fsp3) is 0.611. The molecule has 0 aromatic heterocycles. The molecule has 5 heteroatoms. The fourth-order valence-corrected chi connectivity index (χ4v) is 3.41. The van der Waals surface area contributed by atoms with Crippen LogP contribution in [0.3, 0.4) is 0 Å². The molecular formula is C18H26N2O3. The van der Waals surface area contributed by atoms with Crippen LogP contribution in [0.4, 0.5) is 0 Å². The average molecular weight is 318 g/mol. The monoisotopic (exact) mass is 318 g/mol. The lowest BCUT2D eigenvalue weighted by Crippen LogP contribution is -2.39. The predicted octanol–water partition coefficient (Wildman–Crippen LogP) is 2.21. The maximum absolute atomic E-state index is 12.3. The van der Waals surface area contributed by atoms with Crippen LogP contribution in [0.2, 0.25) is 0 Å². The van der Waals surface area contributed by atoms with Crippen LogP contribution in [0.25, 0.3) is 0 Å². The van der Waals surface area contributed by atoms with Gasteiger partial charge in [0, 0.05) is 31.6 Å². The molecule has 2 aliphatic rings. The third-order valence-electron chi connectivity index (χ3n) is 4.74. The van der Waals surface area contributed by atoms with Crippen LogP contribution >= 0.6 is 0 Å². The van der Waals surface area contributed by atoms with Gasteiger partial charge in [-0.2, -0.15) is 0 Å². The van der Waals surface area contributed by atoms with E-state index in [1.807, 2.05) is 29.2 Å². The van der Waals surface area contributed by atoms with Crippen LogP contribution in [0.1, 0.15) is 32.1 Å². The Labute approximate surface area is 137 Å². The molecule has 5 nitrogen and oxygen atoms in total. The number of carbonyl (C=O) groups is 1. The van der Waals surface area contributed by atoms with Gasteiger partial charge in [-0.25, -0.2) is 0 Å². The lowest BCUT2D eigenvalue weighted by Gasteiger charge is -2.24. The summed E-state index contributed by atoms with van der Waals surface area (Å²) >= 11 is 0. The van der Waals surface area contributed by atoms with Crippen molar-refractivity contribution in [2.75, 3.05) is 26.8 Å². The predicted molar refractivity (Wildman–Crippen MR) is 88.9 cm³/mol. The quantitative estimate of drug-likeness (QED) is 0.817. The standard InChI is InChI=1S/C18H26N2O3/c1-22-16-6-8-17(9-7-16)23-12-2-3-18(21)20-11-10-14-4-5-15(13-20)19-14/h6-9,14-15,19H,2-5,10-13H2,1H3. The van der Waals surface area contributed by atoms with Crippen molar-refractivity contribution in [3.63, 3.8) is 0 Å². The Kier molecular flexibility index (Phi) is 5.39. The first-order valence-corrected chi connectivity index (χ1v) is 8.55. The second kappa shape index (κ2) is 7.68. The van der Waals surface area contributed by atoms with E-state index in [0.29, 0.717) is 25.1 Å². The van der Waals surface area contributed by atoms with Gasteiger partial charge >= 0.3 is 0 Å². The minimum atomic E-state index is 0.262. The number of rotatable bonds is 6. The Morgan fingerprint density at radius 1 is 1.17 bits per heavy atom. The normalized spacial score (nSPS) is 23.4. The summed E-state index contributed by atoms with van der Waals surface area (Å²) in [7, 11) is 1.64. The second-order valence-corrected chi connectivity index (χ2v) is 6.39. The largest absolute Gasteiger partial charge is 0.497 e. The van der Waals surface area contributed by atoms with E-state index in [9.17, 15) is 4.79 Å². The van der Waals surface area contributed by atoms with E-state index >= 15 is 0 Å². The second-order valence-electron chi connectivity index (χ2n) is 6.39. The zero-order valence-electron chi connectivity index (χ0n) is 13.8. The number of carbonyl (C=O) groups excluding carboxylic acids is 1. The van der Waals surface area contributed by atoms with Crippen molar-refractivity contribution < 1.29 is 14.3 Å². The number of hydrogen-bond acceptors (Lipinski definition) is 4. The maximum Gasteiger partial charge on any atom is 0.222 e. The van der Waals surface area contributed by atoms with Crippen LogP contribution in [0.15, 0.2) is 24.3 Å². The molecule has 2 aliphatic heterocycles. The summed E-state index contributed by atoms with van der Waals surface area (Å²) in [6, 6.07) is 8.65. The summed E-state index contributed by atoms with van der Waals surface area (Å²) in [6.07, 6.45) is 4.87. The molecular weight excluding hydrogens is 292 g/mol. The third-order valence-corrected chi connectivity index (χ3v) is 4.74. The molecule has 23 heavy (non-hydrogen) atoms. The summed E-state index contributed by atoms with van der Waals surface area (Å²) in [5.74, 6) is 1.89. The van der Waals surface area contributed by atoms with Gasteiger partial charge in [0.1, 0.15) is 11.5 Å². The molecule has 126 valence electrons. The summed E-state index contributed by atoms with van der Waals surface area (Å²) < 4.78 is 10.8. The molecule has 2 saturated heterocycles. The molecule has 2 heterocycles. The molecule has 2 bridgehead atoms. The van der Waals surface area contributed by atoms with Crippen LogP contribution in [0, 0.1) is 0 Å². The van der Waals surface area contributed by atoms with E-state index in [2.05, 4.69) is 5.32 Å². The smallest absolute Gasteiger partial charge is 0.222 e. The van der Waals surface area contributed by atoms with Crippen molar-refractivity contribution in [1.29, 1.82) is 0 Å². The first kappa shape index (κ1) is 16.1. The number of nitrogens with one attached hydrogen (secondary N) is 1. The molecule has 0 spiro atoms. The Hall–Kier alpha value is -1.75. The molecule has 3 rings (SSSR count). The highest BCUT2D eigenvalue weighted by molar-refractivity contribution is 5.76. The van der Waals surface area contributed by atoms with Gasteiger partial charge in [0.25, 0.3) is 0 Å². The summed E-state index contributed by atoms with van der Waals surface area (Å²) in [4.78, 5) is 14.4. The Bertz CT molecular complexity index is 518. The number of likely N-dealkylation sites (tertiary alicyclic amines) is 1. The van der Waals surface area contributed by atoms with Gasteiger partial charge in [0.2, 0.25) is 5.91 Å². The first-order chi connectivity index (χ1) is 11.2. The third kappa shape index (κ3) is 4.38.